The molecule has 0 unspecified atom stereocenters. The standard InChI is InChI=1S/C13H24N4O/c1-5-18-13-10-12(15-11(2)16-13)14-8-6-7-9-17(3)4/h10H,5-9H2,1-4H3,(H,14,15,16). The Morgan fingerprint density at radius 2 is 2.06 bits per heavy atom. The molecule has 0 aromatic carbocycles. The molecule has 0 aliphatic heterocycles. The van der Waals surface area contributed by atoms with Gasteiger partial charge in [-0.2, -0.15) is 4.98 Å². The Morgan fingerprint density at radius 3 is 2.72 bits per heavy atom. The normalized spacial score (nSPS) is 10.7. The molecule has 0 radical (unpaired) electrons. The third-order valence-corrected chi connectivity index (χ3v) is 2.44. The van der Waals surface area contributed by atoms with Crippen molar-refractivity contribution in [3.8, 4) is 5.88 Å². The molecule has 0 bridgehead atoms. The summed E-state index contributed by atoms with van der Waals surface area (Å²) in [6, 6.07) is 1.85. The Labute approximate surface area is 110 Å². The number of rotatable bonds is 8. The number of ether oxygens (including phenoxy) is 1. The van der Waals surface area contributed by atoms with Crippen molar-refractivity contribution in [2.24, 2.45) is 0 Å². The van der Waals surface area contributed by atoms with Crippen LogP contribution in [0, 0.1) is 6.92 Å². The monoisotopic (exact) mass is 252 g/mol. The van der Waals surface area contributed by atoms with Gasteiger partial charge >= 0.3 is 0 Å². The third kappa shape index (κ3) is 5.82. The van der Waals surface area contributed by atoms with E-state index in [9.17, 15) is 0 Å². The molecular weight excluding hydrogens is 228 g/mol. The maximum atomic E-state index is 5.39. The van der Waals surface area contributed by atoms with Crippen LogP contribution in [0.25, 0.3) is 0 Å². The van der Waals surface area contributed by atoms with Crippen molar-refractivity contribution in [3.63, 3.8) is 0 Å². The predicted octanol–water partition coefficient (Wildman–Crippen LogP) is 1.94. The fourth-order valence-electron chi connectivity index (χ4n) is 1.62. The molecule has 1 aromatic heterocycles. The van der Waals surface area contributed by atoms with Crippen LogP contribution in [0.3, 0.4) is 0 Å². The van der Waals surface area contributed by atoms with Crippen molar-refractivity contribution in [2.45, 2.75) is 26.7 Å². The highest BCUT2D eigenvalue weighted by Crippen LogP contribution is 2.13. The largest absolute Gasteiger partial charge is 0.478 e. The van der Waals surface area contributed by atoms with Gasteiger partial charge in [0.2, 0.25) is 5.88 Å². The lowest BCUT2D eigenvalue weighted by Crippen LogP contribution is -2.14. The molecule has 1 N–H and O–H groups in total. The van der Waals surface area contributed by atoms with E-state index in [0.29, 0.717) is 12.5 Å². The second-order valence-electron chi connectivity index (χ2n) is 4.51. The molecule has 0 amide bonds. The Bertz CT molecular complexity index is 355. The van der Waals surface area contributed by atoms with E-state index in [1.54, 1.807) is 0 Å². The second kappa shape index (κ2) is 7.87. The number of unbranched alkanes of at least 4 members (excludes halogenated alkanes) is 1. The number of hydrogen-bond acceptors (Lipinski definition) is 5. The van der Waals surface area contributed by atoms with Gasteiger partial charge in [0.15, 0.2) is 0 Å². The van der Waals surface area contributed by atoms with Crippen LogP contribution in [0.1, 0.15) is 25.6 Å². The van der Waals surface area contributed by atoms with E-state index in [1.807, 2.05) is 19.9 Å². The van der Waals surface area contributed by atoms with Gasteiger partial charge in [-0.1, -0.05) is 0 Å². The van der Waals surface area contributed by atoms with Crippen molar-refractivity contribution in [2.75, 3.05) is 39.1 Å². The van der Waals surface area contributed by atoms with Crippen molar-refractivity contribution in [1.82, 2.24) is 14.9 Å². The molecule has 0 atom stereocenters. The molecule has 1 rings (SSSR count). The Morgan fingerprint density at radius 1 is 1.28 bits per heavy atom. The summed E-state index contributed by atoms with van der Waals surface area (Å²) in [6.45, 7) is 6.49. The first kappa shape index (κ1) is 14.7. The molecule has 1 heterocycles. The maximum absolute atomic E-state index is 5.39. The van der Waals surface area contributed by atoms with E-state index >= 15 is 0 Å². The summed E-state index contributed by atoms with van der Waals surface area (Å²) in [4.78, 5) is 10.7. The first-order valence-corrected chi connectivity index (χ1v) is 6.49. The zero-order chi connectivity index (χ0) is 13.4. The molecule has 5 heteroatoms. The molecule has 0 fully saturated rings. The van der Waals surface area contributed by atoms with Crippen LogP contribution in [0.2, 0.25) is 0 Å². The maximum Gasteiger partial charge on any atom is 0.218 e. The lowest BCUT2D eigenvalue weighted by molar-refractivity contribution is 0.325. The van der Waals surface area contributed by atoms with Gasteiger partial charge in [0.05, 0.1) is 6.61 Å². The third-order valence-electron chi connectivity index (χ3n) is 2.44. The van der Waals surface area contributed by atoms with E-state index in [1.165, 1.54) is 6.42 Å². The lowest BCUT2D eigenvalue weighted by atomic mass is 10.3. The number of aryl methyl sites for hydroxylation is 1. The van der Waals surface area contributed by atoms with Gasteiger partial charge in [0, 0.05) is 12.6 Å². The van der Waals surface area contributed by atoms with E-state index in [2.05, 4.69) is 34.3 Å². The average molecular weight is 252 g/mol. The summed E-state index contributed by atoms with van der Waals surface area (Å²) >= 11 is 0. The summed E-state index contributed by atoms with van der Waals surface area (Å²) < 4.78 is 5.39. The summed E-state index contributed by atoms with van der Waals surface area (Å²) in [5.74, 6) is 2.22. The quantitative estimate of drug-likeness (QED) is 0.717. The van der Waals surface area contributed by atoms with E-state index in [0.717, 1.165) is 31.2 Å². The van der Waals surface area contributed by atoms with E-state index in [-0.39, 0.29) is 0 Å². The highest BCUT2D eigenvalue weighted by molar-refractivity contribution is 5.38. The number of aromatic nitrogens is 2. The number of nitrogens with zero attached hydrogens (tertiary/aromatic N) is 3. The van der Waals surface area contributed by atoms with Gasteiger partial charge in [-0.3, -0.25) is 0 Å². The Balaban J connectivity index is 2.37. The van der Waals surface area contributed by atoms with Crippen LogP contribution in [-0.2, 0) is 0 Å². The Kier molecular flexibility index (Phi) is 6.43. The van der Waals surface area contributed by atoms with E-state index < -0.39 is 0 Å². The van der Waals surface area contributed by atoms with Crippen LogP contribution < -0.4 is 10.1 Å². The minimum absolute atomic E-state index is 0.624. The van der Waals surface area contributed by atoms with Crippen molar-refractivity contribution >= 4 is 5.82 Å². The highest BCUT2D eigenvalue weighted by Gasteiger charge is 2.01. The first-order chi connectivity index (χ1) is 8.61. The highest BCUT2D eigenvalue weighted by atomic mass is 16.5. The number of anilines is 1. The fourth-order valence-corrected chi connectivity index (χ4v) is 1.62. The Hall–Kier alpha value is -1.36. The van der Waals surface area contributed by atoms with Gasteiger partial charge in [0.1, 0.15) is 11.6 Å². The van der Waals surface area contributed by atoms with Crippen LogP contribution in [0.15, 0.2) is 6.07 Å². The van der Waals surface area contributed by atoms with Gasteiger partial charge in [-0.05, 0) is 47.3 Å². The zero-order valence-corrected chi connectivity index (χ0v) is 11.9. The molecule has 5 nitrogen and oxygen atoms in total. The summed E-state index contributed by atoms with van der Waals surface area (Å²) in [5.41, 5.74) is 0. The smallest absolute Gasteiger partial charge is 0.218 e. The average Bonchev–Trinajstić information content (AvgIpc) is 2.28. The molecule has 0 spiro atoms. The van der Waals surface area contributed by atoms with Crippen LogP contribution in [-0.4, -0.2) is 48.7 Å². The molecular formula is C13H24N4O. The minimum atomic E-state index is 0.624. The molecule has 0 saturated heterocycles. The van der Waals surface area contributed by atoms with Crippen LogP contribution in [0.4, 0.5) is 5.82 Å². The van der Waals surface area contributed by atoms with Gasteiger partial charge in [-0.25, -0.2) is 4.98 Å². The number of hydrogen-bond donors (Lipinski definition) is 1. The second-order valence-corrected chi connectivity index (χ2v) is 4.51. The van der Waals surface area contributed by atoms with E-state index in [4.69, 9.17) is 4.74 Å². The van der Waals surface area contributed by atoms with Crippen LogP contribution in [0.5, 0.6) is 5.88 Å². The molecule has 1 aromatic rings. The van der Waals surface area contributed by atoms with Gasteiger partial charge < -0.3 is 15.0 Å². The predicted molar refractivity (Wildman–Crippen MR) is 74.2 cm³/mol. The minimum Gasteiger partial charge on any atom is -0.478 e. The summed E-state index contributed by atoms with van der Waals surface area (Å²) in [5, 5.41) is 3.31. The fraction of sp³-hybridized carbons (Fsp3) is 0.692. The number of nitrogens with one attached hydrogen (secondary N) is 1. The van der Waals surface area contributed by atoms with Crippen LogP contribution >= 0.6 is 0 Å². The summed E-state index contributed by atoms with van der Waals surface area (Å²) in [7, 11) is 4.19. The molecule has 0 saturated carbocycles. The van der Waals surface area contributed by atoms with Crippen molar-refractivity contribution in [1.29, 1.82) is 0 Å². The SMILES string of the molecule is CCOc1cc(NCCCCN(C)C)nc(C)n1. The zero-order valence-electron chi connectivity index (χ0n) is 11.9. The van der Waals surface area contributed by atoms with Gasteiger partial charge in [0.25, 0.3) is 0 Å². The molecule has 102 valence electrons. The topological polar surface area (TPSA) is 50.3 Å². The van der Waals surface area contributed by atoms with Crippen molar-refractivity contribution in [3.05, 3.63) is 11.9 Å². The molecule has 0 aliphatic rings. The lowest BCUT2D eigenvalue weighted by Gasteiger charge is -2.10. The summed E-state index contributed by atoms with van der Waals surface area (Å²) in [6.07, 6.45) is 2.31. The van der Waals surface area contributed by atoms with Crippen molar-refractivity contribution < 1.29 is 4.74 Å². The molecule has 0 aliphatic carbocycles. The van der Waals surface area contributed by atoms with Gasteiger partial charge in [-0.15, -0.1) is 0 Å². The molecule has 18 heavy (non-hydrogen) atoms. The first-order valence-electron chi connectivity index (χ1n) is 6.49.